The van der Waals surface area contributed by atoms with Gasteiger partial charge in [0.05, 0.1) is 28.1 Å². The Balaban J connectivity index is 2.22. The quantitative estimate of drug-likeness (QED) is 0.482. The molecule has 11 heteroatoms. The lowest BCUT2D eigenvalue weighted by atomic mass is 10.2. The molecule has 28 heavy (non-hydrogen) atoms. The third kappa shape index (κ3) is 3.61. The molecule has 0 saturated carbocycles. The van der Waals surface area contributed by atoms with Crippen molar-refractivity contribution in [3.8, 4) is 22.8 Å². The van der Waals surface area contributed by atoms with Crippen LogP contribution in [-0.2, 0) is 23.1 Å². The highest BCUT2D eigenvalue weighted by atomic mass is 32.2. The molecule has 3 aromatic heterocycles. The number of rotatable bonds is 4. The Kier molecular flexibility index (Phi) is 4.96. The molecule has 0 fully saturated rings. The van der Waals surface area contributed by atoms with E-state index in [1.54, 1.807) is 0 Å². The van der Waals surface area contributed by atoms with Crippen LogP contribution in [0.3, 0.4) is 0 Å². The number of sulfone groups is 1. The normalized spacial score (nSPS) is 12.4. The van der Waals surface area contributed by atoms with Gasteiger partial charge >= 0.3 is 6.18 Å². The summed E-state index contributed by atoms with van der Waals surface area (Å²) in [6.07, 6.45) is -1.58. The van der Waals surface area contributed by atoms with E-state index in [2.05, 4.69) is 15.0 Å². The van der Waals surface area contributed by atoms with Crippen LogP contribution < -0.4 is 0 Å². The molecule has 0 saturated heterocycles. The first-order valence-corrected chi connectivity index (χ1v) is 9.64. The van der Waals surface area contributed by atoms with Crippen molar-refractivity contribution in [2.45, 2.75) is 18.0 Å². The van der Waals surface area contributed by atoms with E-state index in [0.29, 0.717) is 23.5 Å². The highest BCUT2D eigenvalue weighted by Gasteiger charge is 2.34. The molecule has 0 radical (unpaired) electrons. The number of hydrogen-bond acceptors (Lipinski definition) is 5. The van der Waals surface area contributed by atoms with Crippen LogP contribution in [0.15, 0.2) is 41.7 Å². The van der Waals surface area contributed by atoms with Gasteiger partial charge in [-0.25, -0.2) is 18.4 Å². The lowest BCUT2D eigenvalue weighted by molar-refractivity contribution is -0.138. The van der Waals surface area contributed by atoms with E-state index < -0.39 is 38.2 Å². The summed E-state index contributed by atoms with van der Waals surface area (Å²) in [6, 6.07) is 3.24. The lowest BCUT2D eigenvalue weighted by Gasteiger charge is -2.13. The maximum atomic E-state index is 13.4. The monoisotopic (exact) mass is 414 g/mol. The molecule has 3 heterocycles. The van der Waals surface area contributed by atoms with Crippen molar-refractivity contribution in [3.05, 3.63) is 48.3 Å². The SMILES string of the molecule is CCS(=O)(=O)c1cc(C(F)(F)F)cnc1-c1ncc(-c2ccnc(F)c2)n1C. The zero-order valence-electron chi connectivity index (χ0n) is 14.7. The Bertz CT molecular complexity index is 1140. The summed E-state index contributed by atoms with van der Waals surface area (Å²) in [4.78, 5) is 10.7. The molecule has 0 unspecified atom stereocenters. The Labute approximate surface area is 157 Å². The van der Waals surface area contributed by atoms with Gasteiger partial charge in [0, 0.05) is 31.1 Å². The van der Waals surface area contributed by atoms with Gasteiger partial charge in [0.2, 0.25) is 5.95 Å². The van der Waals surface area contributed by atoms with Crippen LogP contribution in [0, 0.1) is 5.95 Å². The summed E-state index contributed by atoms with van der Waals surface area (Å²) in [6.45, 7) is 1.32. The molecule has 148 valence electrons. The number of imidazole rings is 1. The van der Waals surface area contributed by atoms with E-state index in [0.717, 1.165) is 6.07 Å². The fraction of sp³-hybridized carbons (Fsp3) is 0.235. The maximum absolute atomic E-state index is 13.4. The van der Waals surface area contributed by atoms with Gasteiger partial charge in [0.1, 0.15) is 5.69 Å². The molecule has 0 amide bonds. The minimum absolute atomic E-state index is 0.0352. The average Bonchev–Trinajstić information content (AvgIpc) is 3.01. The van der Waals surface area contributed by atoms with Crippen molar-refractivity contribution in [3.63, 3.8) is 0 Å². The van der Waals surface area contributed by atoms with Gasteiger partial charge in [-0.3, -0.25) is 4.98 Å². The molecule has 0 bridgehead atoms. The largest absolute Gasteiger partial charge is 0.417 e. The van der Waals surface area contributed by atoms with Crippen molar-refractivity contribution in [2.24, 2.45) is 7.05 Å². The van der Waals surface area contributed by atoms with Gasteiger partial charge in [-0.15, -0.1) is 0 Å². The minimum Gasteiger partial charge on any atom is -0.326 e. The summed E-state index contributed by atoms with van der Waals surface area (Å²) in [5.41, 5.74) is -0.551. The average molecular weight is 414 g/mol. The molecule has 0 atom stereocenters. The van der Waals surface area contributed by atoms with Gasteiger partial charge in [-0.1, -0.05) is 6.92 Å². The van der Waals surface area contributed by atoms with Crippen LogP contribution in [0.1, 0.15) is 12.5 Å². The van der Waals surface area contributed by atoms with Crippen molar-refractivity contribution < 1.29 is 26.0 Å². The predicted molar refractivity (Wildman–Crippen MR) is 92.4 cm³/mol. The molecular weight excluding hydrogens is 400 g/mol. The second kappa shape index (κ2) is 6.97. The summed E-state index contributed by atoms with van der Waals surface area (Å²) >= 11 is 0. The number of hydrogen-bond donors (Lipinski definition) is 0. The van der Waals surface area contributed by atoms with Crippen molar-refractivity contribution in [1.82, 2.24) is 19.5 Å². The third-order valence-corrected chi connectivity index (χ3v) is 5.86. The van der Waals surface area contributed by atoms with Crippen LogP contribution in [-0.4, -0.2) is 33.7 Å². The fourth-order valence-corrected chi connectivity index (χ4v) is 3.68. The van der Waals surface area contributed by atoms with E-state index in [4.69, 9.17) is 0 Å². The maximum Gasteiger partial charge on any atom is 0.417 e. The number of aromatic nitrogens is 4. The Morgan fingerprint density at radius 2 is 1.82 bits per heavy atom. The van der Waals surface area contributed by atoms with Crippen LogP contribution in [0.25, 0.3) is 22.8 Å². The summed E-state index contributed by atoms with van der Waals surface area (Å²) in [5, 5.41) is 0. The summed E-state index contributed by atoms with van der Waals surface area (Å²) in [5.74, 6) is -1.09. The van der Waals surface area contributed by atoms with E-state index in [9.17, 15) is 26.0 Å². The Morgan fingerprint density at radius 3 is 2.43 bits per heavy atom. The van der Waals surface area contributed by atoms with Gasteiger partial charge in [-0.2, -0.15) is 17.6 Å². The second-order valence-corrected chi connectivity index (χ2v) is 8.11. The number of halogens is 4. The number of alkyl halides is 3. The van der Waals surface area contributed by atoms with Gasteiger partial charge < -0.3 is 4.57 Å². The molecular formula is C17H14F4N4O2S. The zero-order chi connectivity index (χ0) is 20.7. The molecule has 0 aliphatic heterocycles. The Morgan fingerprint density at radius 1 is 1.11 bits per heavy atom. The first kappa shape index (κ1) is 19.9. The van der Waals surface area contributed by atoms with Crippen molar-refractivity contribution in [1.29, 1.82) is 0 Å². The van der Waals surface area contributed by atoms with Crippen LogP contribution in [0.5, 0.6) is 0 Å². The molecule has 3 rings (SSSR count). The summed E-state index contributed by atoms with van der Waals surface area (Å²) in [7, 11) is -2.50. The highest BCUT2D eigenvalue weighted by molar-refractivity contribution is 7.91. The molecule has 0 N–H and O–H groups in total. The third-order valence-electron chi connectivity index (χ3n) is 4.12. The first-order valence-electron chi connectivity index (χ1n) is 7.98. The van der Waals surface area contributed by atoms with Crippen LogP contribution in [0.2, 0.25) is 0 Å². The first-order chi connectivity index (χ1) is 13.0. The van der Waals surface area contributed by atoms with Gasteiger partial charge in [0.15, 0.2) is 15.7 Å². The standard InChI is InChI=1S/C17H14F4N4O2S/c1-3-28(26,27)13-7-11(17(19,20)21)8-23-15(13)16-24-9-12(25(16)2)10-4-5-22-14(18)6-10/h4-9H,3H2,1-2H3. The highest BCUT2D eigenvalue weighted by Crippen LogP contribution is 2.34. The van der Waals surface area contributed by atoms with E-state index >= 15 is 0 Å². The summed E-state index contributed by atoms with van der Waals surface area (Å²) < 4.78 is 78.8. The lowest BCUT2D eigenvalue weighted by Crippen LogP contribution is -2.13. The number of nitrogens with zero attached hydrogens (tertiary/aromatic N) is 4. The topological polar surface area (TPSA) is 77.7 Å². The number of pyridine rings is 2. The van der Waals surface area contributed by atoms with Crippen molar-refractivity contribution >= 4 is 9.84 Å². The molecule has 3 aromatic rings. The van der Waals surface area contributed by atoms with Gasteiger partial charge in [0.25, 0.3) is 0 Å². The van der Waals surface area contributed by atoms with E-state index in [1.165, 1.54) is 37.0 Å². The van der Waals surface area contributed by atoms with E-state index in [-0.39, 0.29) is 11.5 Å². The van der Waals surface area contributed by atoms with Gasteiger partial charge in [-0.05, 0) is 12.1 Å². The molecule has 0 aliphatic carbocycles. The van der Waals surface area contributed by atoms with Crippen molar-refractivity contribution in [2.75, 3.05) is 5.75 Å². The van der Waals surface area contributed by atoms with Crippen LogP contribution >= 0.6 is 0 Å². The predicted octanol–water partition coefficient (Wildman–Crippen LogP) is 3.50. The molecule has 0 aliphatic rings. The smallest absolute Gasteiger partial charge is 0.326 e. The second-order valence-electron chi connectivity index (χ2n) is 5.87. The zero-order valence-corrected chi connectivity index (χ0v) is 15.5. The minimum atomic E-state index is -4.75. The molecule has 0 spiro atoms. The molecule has 6 nitrogen and oxygen atoms in total. The Hall–Kier alpha value is -2.82. The fourth-order valence-electron chi connectivity index (χ4n) is 2.62. The van der Waals surface area contributed by atoms with Crippen LogP contribution in [0.4, 0.5) is 17.6 Å². The van der Waals surface area contributed by atoms with E-state index in [1.807, 2.05) is 0 Å². The molecule has 0 aromatic carbocycles.